The molecule has 1 heterocycles. The number of hydrogen-bond acceptors (Lipinski definition) is 1. The van der Waals surface area contributed by atoms with E-state index in [-0.39, 0.29) is 6.03 Å². The number of amides is 2. The fraction of sp³-hybridized carbons (Fsp3) is 0.562. The Morgan fingerprint density at radius 1 is 1.26 bits per heavy atom. The van der Waals surface area contributed by atoms with Gasteiger partial charge in [-0.15, -0.1) is 0 Å². The van der Waals surface area contributed by atoms with E-state index in [1.54, 1.807) is 0 Å². The van der Waals surface area contributed by atoms with Crippen LogP contribution in [0.2, 0.25) is 0 Å². The minimum absolute atomic E-state index is 0.0938. The highest BCUT2D eigenvalue weighted by Crippen LogP contribution is 2.30. The smallest absolute Gasteiger partial charge is 0.322 e. The van der Waals surface area contributed by atoms with Crippen LogP contribution in [0.5, 0.6) is 0 Å². The summed E-state index contributed by atoms with van der Waals surface area (Å²) < 4.78 is 0. The van der Waals surface area contributed by atoms with Crippen molar-refractivity contribution in [3.05, 3.63) is 29.3 Å². The average molecular weight is 258 g/mol. The van der Waals surface area contributed by atoms with Crippen molar-refractivity contribution in [3.63, 3.8) is 0 Å². The lowest BCUT2D eigenvalue weighted by molar-refractivity contribution is 0.238. The van der Waals surface area contributed by atoms with Gasteiger partial charge >= 0.3 is 6.03 Å². The van der Waals surface area contributed by atoms with Crippen molar-refractivity contribution in [2.75, 3.05) is 11.4 Å². The SMILES string of the molecule is Cc1cccc2c1CCN2C(=O)NC1CCCCC1. The lowest BCUT2D eigenvalue weighted by atomic mass is 9.96. The van der Waals surface area contributed by atoms with Crippen LogP contribution < -0.4 is 10.2 Å². The maximum atomic E-state index is 12.4. The normalized spacial score (nSPS) is 19.3. The molecule has 1 aromatic rings. The van der Waals surface area contributed by atoms with Crippen LogP contribution in [0.1, 0.15) is 43.2 Å². The van der Waals surface area contributed by atoms with Gasteiger partial charge in [-0.3, -0.25) is 4.90 Å². The number of nitrogens with zero attached hydrogens (tertiary/aromatic N) is 1. The molecule has 0 aromatic heterocycles. The molecule has 1 fully saturated rings. The molecular weight excluding hydrogens is 236 g/mol. The zero-order chi connectivity index (χ0) is 13.2. The molecule has 19 heavy (non-hydrogen) atoms. The van der Waals surface area contributed by atoms with Crippen LogP contribution in [0.15, 0.2) is 18.2 Å². The van der Waals surface area contributed by atoms with Crippen molar-refractivity contribution in [2.24, 2.45) is 0 Å². The third-order valence-electron chi connectivity index (χ3n) is 4.44. The highest BCUT2D eigenvalue weighted by Gasteiger charge is 2.27. The Kier molecular flexibility index (Phi) is 3.45. The molecule has 1 N–H and O–H groups in total. The number of fused-ring (bicyclic) bond motifs is 1. The van der Waals surface area contributed by atoms with Crippen molar-refractivity contribution in [2.45, 2.75) is 51.5 Å². The summed E-state index contributed by atoms with van der Waals surface area (Å²) in [5.74, 6) is 0. The highest BCUT2D eigenvalue weighted by molar-refractivity contribution is 5.94. The van der Waals surface area contributed by atoms with Crippen LogP contribution in [0.3, 0.4) is 0 Å². The van der Waals surface area contributed by atoms with Gasteiger partial charge in [-0.05, 0) is 43.4 Å². The van der Waals surface area contributed by atoms with Crippen LogP contribution >= 0.6 is 0 Å². The van der Waals surface area contributed by atoms with Crippen LogP contribution in [-0.4, -0.2) is 18.6 Å². The van der Waals surface area contributed by atoms with Crippen molar-refractivity contribution < 1.29 is 4.79 Å². The van der Waals surface area contributed by atoms with Crippen LogP contribution in [0.25, 0.3) is 0 Å². The van der Waals surface area contributed by atoms with E-state index < -0.39 is 0 Å². The molecule has 102 valence electrons. The van der Waals surface area contributed by atoms with Crippen LogP contribution in [0, 0.1) is 6.92 Å². The number of benzene rings is 1. The Morgan fingerprint density at radius 3 is 2.84 bits per heavy atom. The van der Waals surface area contributed by atoms with E-state index in [1.165, 1.54) is 30.4 Å². The third-order valence-corrected chi connectivity index (χ3v) is 4.44. The van der Waals surface area contributed by atoms with E-state index in [0.717, 1.165) is 31.5 Å². The Hall–Kier alpha value is -1.51. The van der Waals surface area contributed by atoms with Gasteiger partial charge in [-0.25, -0.2) is 4.79 Å². The second kappa shape index (κ2) is 5.24. The Balaban J connectivity index is 1.71. The molecule has 1 aromatic carbocycles. The molecule has 0 radical (unpaired) electrons. The van der Waals surface area contributed by atoms with Gasteiger partial charge in [0.25, 0.3) is 0 Å². The highest BCUT2D eigenvalue weighted by atomic mass is 16.2. The summed E-state index contributed by atoms with van der Waals surface area (Å²) in [5.41, 5.74) is 3.74. The average Bonchev–Trinajstić information content (AvgIpc) is 2.85. The van der Waals surface area contributed by atoms with E-state index in [4.69, 9.17) is 0 Å². The van der Waals surface area contributed by atoms with E-state index in [0.29, 0.717) is 6.04 Å². The van der Waals surface area contributed by atoms with Gasteiger partial charge in [-0.1, -0.05) is 31.4 Å². The number of carbonyl (C=O) groups excluding carboxylic acids is 1. The predicted octanol–water partition coefficient (Wildman–Crippen LogP) is 3.40. The molecular formula is C16H22N2O. The lowest BCUT2D eigenvalue weighted by Crippen LogP contribution is -2.45. The molecule has 0 bridgehead atoms. The predicted molar refractivity (Wildman–Crippen MR) is 77.6 cm³/mol. The summed E-state index contributed by atoms with van der Waals surface area (Å²) in [6, 6.07) is 6.71. The first-order chi connectivity index (χ1) is 9.25. The van der Waals surface area contributed by atoms with E-state index >= 15 is 0 Å². The largest absolute Gasteiger partial charge is 0.335 e. The van der Waals surface area contributed by atoms with Gasteiger partial charge in [-0.2, -0.15) is 0 Å². The molecule has 3 rings (SSSR count). The maximum Gasteiger partial charge on any atom is 0.322 e. The molecule has 3 nitrogen and oxygen atoms in total. The fourth-order valence-corrected chi connectivity index (χ4v) is 3.32. The van der Waals surface area contributed by atoms with Gasteiger partial charge in [0.15, 0.2) is 0 Å². The molecule has 0 atom stereocenters. The number of anilines is 1. The summed E-state index contributed by atoms with van der Waals surface area (Å²) in [7, 11) is 0. The van der Waals surface area contributed by atoms with Crippen molar-refractivity contribution >= 4 is 11.7 Å². The number of aryl methyl sites for hydroxylation is 1. The lowest BCUT2D eigenvalue weighted by Gasteiger charge is -2.26. The van der Waals surface area contributed by atoms with Crippen LogP contribution in [0.4, 0.5) is 10.5 Å². The molecule has 1 aliphatic heterocycles. The molecule has 0 spiro atoms. The van der Waals surface area contributed by atoms with Crippen LogP contribution in [-0.2, 0) is 6.42 Å². The molecule has 0 saturated heterocycles. The molecule has 2 aliphatic rings. The molecule has 1 aliphatic carbocycles. The van der Waals surface area contributed by atoms with Gasteiger partial charge in [0, 0.05) is 18.3 Å². The number of urea groups is 1. The number of nitrogens with one attached hydrogen (secondary N) is 1. The molecule has 0 unspecified atom stereocenters. The van der Waals surface area contributed by atoms with Gasteiger partial charge in [0.1, 0.15) is 0 Å². The van der Waals surface area contributed by atoms with Gasteiger partial charge < -0.3 is 5.32 Å². The summed E-state index contributed by atoms with van der Waals surface area (Å²) in [6.07, 6.45) is 7.08. The summed E-state index contributed by atoms with van der Waals surface area (Å²) in [5, 5.41) is 3.21. The zero-order valence-electron chi connectivity index (χ0n) is 11.6. The molecule has 1 saturated carbocycles. The second-order valence-corrected chi connectivity index (χ2v) is 5.76. The Bertz CT molecular complexity index is 478. The fourth-order valence-electron chi connectivity index (χ4n) is 3.32. The monoisotopic (exact) mass is 258 g/mol. The van der Waals surface area contributed by atoms with Crippen molar-refractivity contribution in [1.29, 1.82) is 0 Å². The summed E-state index contributed by atoms with van der Waals surface area (Å²) >= 11 is 0. The number of rotatable bonds is 1. The Morgan fingerprint density at radius 2 is 2.05 bits per heavy atom. The quantitative estimate of drug-likeness (QED) is 0.822. The second-order valence-electron chi connectivity index (χ2n) is 5.76. The van der Waals surface area contributed by atoms with Crippen molar-refractivity contribution in [3.8, 4) is 0 Å². The number of carbonyl (C=O) groups is 1. The topological polar surface area (TPSA) is 32.3 Å². The van der Waals surface area contributed by atoms with E-state index in [9.17, 15) is 4.79 Å². The van der Waals surface area contributed by atoms with Crippen molar-refractivity contribution in [1.82, 2.24) is 5.32 Å². The minimum Gasteiger partial charge on any atom is -0.335 e. The molecule has 2 amide bonds. The number of hydrogen-bond donors (Lipinski definition) is 1. The first-order valence-electron chi connectivity index (χ1n) is 7.42. The Labute approximate surface area is 115 Å². The van der Waals surface area contributed by atoms with E-state index in [1.807, 2.05) is 11.0 Å². The first kappa shape index (κ1) is 12.5. The zero-order valence-corrected chi connectivity index (χ0v) is 11.6. The van der Waals surface area contributed by atoms with Gasteiger partial charge in [0.05, 0.1) is 0 Å². The third kappa shape index (κ3) is 2.46. The summed E-state index contributed by atoms with van der Waals surface area (Å²) in [4.78, 5) is 14.3. The molecule has 3 heteroatoms. The maximum absolute atomic E-state index is 12.4. The summed E-state index contributed by atoms with van der Waals surface area (Å²) in [6.45, 7) is 2.94. The first-order valence-corrected chi connectivity index (χ1v) is 7.42. The van der Waals surface area contributed by atoms with Gasteiger partial charge in [0.2, 0.25) is 0 Å². The standard InChI is InChI=1S/C16H22N2O/c1-12-6-5-9-15-14(12)10-11-18(15)16(19)17-13-7-3-2-4-8-13/h5-6,9,13H,2-4,7-8,10-11H2,1H3,(H,17,19). The minimum atomic E-state index is 0.0938. The van der Waals surface area contributed by atoms with E-state index in [2.05, 4.69) is 24.4 Å².